The van der Waals surface area contributed by atoms with Crippen LogP contribution in [0.1, 0.15) is 23.0 Å². The van der Waals surface area contributed by atoms with E-state index in [2.05, 4.69) is 10.1 Å². The minimum atomic E-state index is -0.459. The number of aromatic nitrogens is 1. The quantitative estimate of drug-likeness (QED) is 0.377. The summed E-state index contributed by atoms with van der Waals surface area (Å²) >= 11 is 1.19. The highest BCUT2D eigenvalue weighted by molar-refractivity contribution is 7.13. The molecule has 1 aromatic carbocycles. The fourth-order valence-electron chi connectivity index (χ4n) is 1.53. The molecule has 0 aliphatic rings. The third-order valence-electron chi connectivity index (χ3n) is 2.49. The molecular weight excluding hydrogens is 306 g/mol. The van der Waals surface area contributed by atoms with E-state index in [-0.39, 0.29) is 12.3 Å². The van der Waals surface area contributed by atoms with Gasteiger partial charge in [0.2, 0.25) is 0 Å². The first-order valence-electron chi connectivity index (χ1n) is 6.32. The number of carbonyl (C=O) groups is 2. The van der Waals surface area contributed by atoms with Crippen LogP contribution in [0.15, 0.2) is 34.8 Å². The molecule has 0 amide bonds. The Morgan fingerprint density at radius 1 is 1.50 bits per heavy atom. The van der Waals surface area contributed by atoms with Crippen LogP contribution in [0.25, 0.3) is 0 Å². The van der Waals surface area contributed by atoms with Crippen molar-refractivity contribution in [1.82, 2.24) is 4.98 Å². The molecule has 7 nitrogen and oxygen atoms in total. The highest BCUT2D eigenvalue weighted by Gasteiger charge is 2.10. The number of nitrogen functional groups attached to an aromatic ring is 1. The van der Waals surface area contributed by atoms with E-state index in [0.717, 1.165) is 0 Å². The van der Waals surface area contributed by atoms with E-state index < -0.39 is 5.97 Å². The molecule has 0 spiro atoms. The summed E-state index contributed by atoms with van der Waals surface area (Å²) in [5.74, 6) is -0.159. The van der Waals surface area contributed by atoms with Gasteiger partial charge in [0, 0.05) is 5.38 Å². The summed E-state index contributed by atoms with van der Waals surface area (Å²) in [6, 6.07) is 6.29. The number of oxime groups is 1. The van der Waals surface area contributed by atoms with Gasteiger partial charge < -0.3 is 15.3 Å². The third-order valence-corrected chi connectivity index (χ3v) is 3.16. The number of thiazole rings is 1. The SMILES string of the molecule is CCOC(=O)c1cccc(O/N=C(\C=O)c2csc(N)n2)c1. The minimum absolute atomic E-state index is 0.00878. The van der Waals surface area contributed by atoms with Gasteiger partial charge in [0.05, 0.1) is 12.2 Å². The summed E-state index contributed by atoms with van der Waals surface area (Å²) in [6.07, 6.45) is 0.518. The molecule has 1 aromatic heterocycles. The number of ether oxygens (including phenoxy) is 1. The van der Waals surface area contributed by atoms with Crippen LogP contribution in [0.2, 0.25) is 0 Å². The van der Waals surface area contributed by atoms with Crippen LogP contribution < -0.4 is 10.6 Å². The lowest BCUT2D eigenvalue weighted by molar-refractivity contribution is -0.102. The lowest BCUT2D eigenvalue weighted by atomic mass is 10.2. The highest BCUT2D eigenvalue weighted by Crippen LogP contribution is 2.16. The minimum Gasteiger partial charge on any atom is -0.462 e. The average molecular weight is 319 g/mol. The normalized spacial score (nSPS) is 11.0. The first kappa shape index (κ1) is 15.6. The molecule has 0 unspecified atom stereocenters. The summed E-state index contributed by atoms with van der Waals surface area (Å²) < 4.78 is 4.89. The van der Waals surface area contributed by atoms with Crippen molar-refractivity contribution >= 4 is 34.4 Å². The van der Waals surface area contributed by atoms with E-state index in [1.165, 1.54) is 17.4 Å². The standard InChI is InChI=1S/C14H13N3O4S/c1-2-20-13(19)9-4-3-5-10(6-9)21-17-11(7-18)12-8-22-14(15)16-12/h3-8H,2H2,1H3,(H2,15,16)/b17-11+. The van der Waals surface area contributed by atoms with Gasteiger partial charge >= 0.3 is 5.97 Å². The molecule has 2 aromatic rings. The van der Waals surface area contributed by atoms with E-state index in [1.807, 2.05) is 0 Å². The van der Waals surface area contributed by atoms with Crippen molar-refractivity contribution in [3.05, 3.63) is 40.9 Å². The first-order valence-corrected chi connectivity index (χ1v) is 7.20. The number of carbonyl (C=O) groups excluding carboxylic acids is 2. The summed E-state index contributed by atoms with van der Waals surface area (Å²) in [7, 11) is 0. The van der Waals surface area contributed by atoms with Crippen LogP contribution in [0.4, 0.5) is 5.13 Å². The Morgan fingerprint density at radius 3 is 2.95 bits per heavy atom. The number of esters is 1. The molecule has 0 atom stereocenters. The zero-order valence-electron chi connectivity index (χ0n) is 11.7. The topological polar surface area (TPSA) is 104 Å². The zero-order chi connectivity index (χ0) is 15.9. The second-order valence-electron chi connectivity index (χ2n) is 4.00. The number of nitrogens with two attached hydrogens (primary N) is 1. The molecular formula is C14H13N3O4S. The second-order valence-corrected chi connectivity index (χ2v) is 4.89. The number of hydrogen-bond donors (Lipinski definition) is 1. The zero-order valence-corrected chi connectivity index (χ0v) is 12.5. The Hall–Kier alpha value is -2.74. The molecule has 114 valence electrons. The van der Waals surface area contributed by atoms with Gasteiger partial charge in [-0.15, -0.1) is 11.3 Å². The van der Waals surface area contributed by atoms with Gasteiger partial charge in [-0.05, 0) is 25.1 Å². The van der Waals surface area contributed by atoms with Crippen LogP contribution in [-0.2, 0) is 9.53 Å². The molecule has 0 saturated carbocycles. The molecule has 0 bridgehead atoms. The van der Waals surface area contributed by atoms with Crippen molar-refractivity contribution in [1.29, 1.82) is 0 Å². The van der Waals surface area contributed by atoms with E-state index in [0.29, 0.717) is 28.4 Å². The summed E-state index contributed by atoms with van der Waals surface area (Å²) in [4.78, 5) is 31.8. The predicted molar refractivity (Wildman–Crippen MR) is 82.2 cm³/mol. The predicted octanol–water partition coefficient (Wildman–Crippen LogP) is 1.88. The van der Waals surface area contributed by atoms with Crippen molar-refractivity contribution in [2.45, 2.75) is 6.92 Å². The highest BCUT2D eigenvalue weighted by atomic mass is 32.1. The number of anilines is 1. The van der Waals surface area contributed by atoms with E-state index in [9.17, 15) is 9.59 Å². The fourth-order valence-corrected chi connectivity index (χ4v) is 2.09. The molecule has 22 heavy (non-hydrogen) atoms. The maximum atomic E-state index is 11.6. The number of hydrogen-bond acceptors (Lipinski definition) is 8. The monoisotopic (exact) mass is 319 g/mol. The van der Waals surface area contributed by atoms with Crippen molar-refractivity contribution in [3.63, 3.8) is 0 Å². The number of benzene rings is 1. The fraction of sp³-hybridized carbons (Fsp3) is 0.143. The van der Waals surface area contributed by atoms with Gasteiger partial charge in [-0.25, -0.2) is 9.78 Å². The number of nitrogens with zero attached hydrogens (tertiary/aromatic N) is 2. The molecule has 0 saturated heterocycles. The maximum Gasteiger partial charge on any atom is 0.338 e. The Labute approximate surface area is 130 Å². The van der Waals surface area contributed by atoms with Crippen LogP contribution in [0, 0.1) is 0 Å². The molecule has 0 fully saturated rings. The van der Waals surface area contributed by atoms with E-state index >= 15 is 0 Å². The van der Waals surface area contributed by atoms with Crippen molar-refractivity contribution in [3.8, 4) is 5.75 Å². The van der Waals surface area contributed by atoms with Crippen molar-refractivity contribution in [2.75, 3.05) is 12.3 Å². The van der Waals surface area contributed by atoms with Gasteiger partial charge in [-0.2, -0.15) is 0 Å². The van der Waals surface area contributed by atoms with Crippen LogP contribution in [-0.4, -0.2) is 29.6 Å². The summed E-state index contributed by atoms with van der Waals surface area (Å²) in [5.41, 5.74) is 6.18. The van der Waals surface area contributed by atoms with Gasteiger partial charge in [0.25, 0.3) is 0 Å². The Morgan fingerprint density at radius 2 is 2.32 bits per heavy atom. The first-order chi connectivity index (χ1) is 10.6. The molecule has 0 aliphatic heterocycles. The van der Waals surface area contributed by atoms with Crippen LogP contribution >= 0.6 is 11.3 Å². The molecule has 2 N–H and O–H groups in total. The van der Waals surface area contributed by atoms with Crippen molar-refractivity contribution < 1.29 is 19.2 Å². The lowest BCUT2D eigenvalue weighted by Gasteiger charge is -2.03. The molecule has 0 radical (unpaired) electrons. The van der Waals surface area contributed by atoms with E-state index in [4.69, 9.17) is 15.3 Å². The molecule has 1 heterocycles. The summed E-state index contributed by atoms with van der Waals surface area (Å²) in [5, 5.41) is 5.65. The van der Waals surface area contributed by atoms with Crippen LogP contribution in [0.3, 0.4) is 0 Å². The van der Waals surface area contributed by atoms with Gasteiger partial charge in [-0.1, -0.05) is 11.2 Å². The Balaban J connectivity index is 2.16. The van der Waals surface area contributed by atoms with Crippen molar-refractivity contribution in [2.24, 2.45) is 5.16 Å². The number of rotatable bonds is 6. The van der Waals surface area contributed by atoms with Gasteiger partial charge in [0.15, 0.2) is 22.9 Å². The molecule has 8 heteroatoms. The molecule has 2 rings (SSSR count). The Kier molecular flexibility index (Phi) is 5.21. The van der Waals surface area contributed by atoms with Gasteiger partial charge in [-0.3, -0.25) is 4.79 Å². The largest absolute Gasteiger partial charge is 0.462 e. The van der Waals surface area contributed by atoms with Gasteiger partial charge in [0.1, 0.15) is 5.69 Å². The van der Waals surface area contributed by atoms with Crippen LogP contribution in [0.5, 0.6) is 5.75 Å². The second kappa shape index (κ2) is 7.32. The average Bonchev–Trinajstić information content (AvgIpc) is 2.95. The maximum absolute atomic E-state index is 11.6. The third kappa shape index (κ3) is 3.89. The molecule has 0 aliphatic carbocycles. The smallest absolute Gasteiger partial charge is 0.338 e. The number of aldehydes is 1. The lowest BCUT2D eigenvalue weighted by Crippen LogP contribution is -2.06. The van der Waals surface area contributed by atoms with E-state index in [1.54, 1.807) is 30.5 Å². The summed E-state index contributed by atoms with van der Waals surface area (Å²) in [6.45, 7) is 2.00. The Bertz CT molecular complexity index is 712.